The van der Waals surface area contributed by atoms with Crippen molar-refractivity contribution < 1.29 is 19.0 Å². The first-order chi connectivity index (χ1) is 13.0. The summed E-state index contributed by atoms with van der Waals surface area (Å²) < 4.78 is 19.6. The Hall–Kier alpha value is -2.11. The molecule has 1 N–H and O–H groups in total. The fourth-order valence-electron chi connectivity index (χ4n) is 3.69. The van der Waals surface area contributed by atoms with Gasteiger partial charge in [0.2, 0.25) is 0 Å². The summed E-state index contributed by atoms with van der Waals surface area (Å²) in [6.07, 6.45) is 0.895. The summed E-state index contributed by atoms with van der Waals surface area (Å²) in [6.45, 7) is 3.23. The fraction of sp³-hybridized carbons (Fsp3) is 0.381. The van der Waals surface area contributed by atoms with Gasteiger partial charge in [-0.05, 0) is 55.2 Å². The normalized spacial score (nSPS) is 15.7. The number of fused-ring (bicyclic) bond motifs is 1. The van der Waals surface area contributed by atoms with Crippen molar-refractivity contribution in [3.63, 3.8) is 0 Å². The Labute approximate surface area is 163 Å². The number of aliphatic hydroxyl groups excluding tert-OH is 1. The minimum Gasteiger partial charge on any atom is -0.495 e. The second kappa shape index (κ2) is 8.28. The van der Waals surface area contributed by atoms with Crippen LogP contribution in [0.1, 0.15) is 28.4 Å². The summed E-state index contributed by atoms with van der Waals surface area (Å²) in [5, 5.41) is 9.64. The van der Waals surface area contributed by atoms with Crippen molar-refractivity contribution in [2.24, 2.45) is 5.92 Å². The van der Waals surface area contributed by atoms with Crippen molar-refractivity contribution in [1.82, 2.24) is 0 Å². The largest absolute Gasteiger partial charge is 0.495 e. The zero-order chi connectivity index (χ0) is 19.6. The molecular formula is C21H23ClFNO3. The molecule has 27 heavy (non-hydrogen) atoms. The van der Waals surface area contributed by atoms with E-state index in [1.165, 1.54) is 6.07 Å². The van der Waals surface area contributed by atoms with Gasteiger partial charge < -0.3 is 14.7 Å². The van der Waals surface area contributed by atoms with Crippen LogP contribution in [0.5, 0.6) is 5.75 Å². The number of hydrogen-bond acceptors (Lipinski definition) is 4. The molecule has 0 amide bonds. The Balaban J connectivity index is 1.90. The van der Waals surface area contributed by atoms with E-state index in [2.05, 4.69) is 0 Å². The molecule has 0 aromatic heterocycles. The lowest BCUT2D eigenvalue weighted by molar-refractivity contribution is 0.0935. The summed E-state index contributed by atoms with van der Waals surface area (Å²) in [4.78, 5) is 14.9. The minimum absolute atomic E-state index is 0.00871. The standard InChI is InChI=1S/C21H23ClFNO3/c1-3-24(6-7-25)19-10-14-9-15(21(26)17(14)12-20(19)27-2)8-13-4-5-16(22)11-18(13)23/h4-5,10-12,15,25H,3,6-9H2,1-2H3. The number of carbonyl (C=O) groups is 1. The monoisotopic (exact) mass is 391 g/mol. The quantitative estimate of drug-likeness (QED) is 0.777. The van der Waals surface area contributed by atoms with Crippen LogP contribution in [0, 0.1) is 11.7 Å². The molecule has 0 spiro atoms. The highest BCUT2D eigenvalue weighted by molar-refractivity contribution is 6.30. The number of rotatable bonds is 7. The van der Waals surface area contributed by atoms with Gasteiger partial charge in [-0.15, -0.1) is 0 Å². The highest BCUT2D eigenvalue weighted by Gasteiger charge is 2.33. The molecule has 2 aromatic rings. The number of likely N-dealkylation sites (N-methyl/N-ethyl adjacent to an activating group) is 1. The third kappa shape index (κ3) is 3.94. The SMILES string of the molecule is CCN(CCO)c1cc2c(cc1OC)C(=O)C(Cc1ccc(Cl)cc1F)C2. The van der Waals surface area contributed by atoms with Gasteiger partial charge in [0.15, 0.2) is 5.78 Å². The number of carbonyl (C=O) groups excluding carboxylic acids is 1. The first-order valence-electron chi connectivity index (χ1n) is 9.03. The van der Waals surface area contributed by atoms with Crippen LogP contribution in [0.15, 0.2) is 30.3 Å². The molecule has 1 aliphatic rings. The highest BCUT2D eigenvalue weighted by Crippen LogP contribution is 2.38. The van der Waals surface area contributed by atoms with Crippen molar-refractivity contribution in [3.8, 4) is 5.75 Å². The van der Waals surface area contributed by atoms with Crippen LogP contribution in [0.4, 0.5) is 10.1 Å². The molecule has 144 valence electrons. The van der Waals surface area contributed by atoms with Crippen molar-refractivity contribution in [2.45, 2.75) is 19.8 Å². The average molecular weight is 392 g/mol. The van der Waals surface area contributed by atoms with E-state index in [0.29, 0.717) is 47.8 Å². The first kappa shape index (κ1) is 19.6. The molecule has 0 heterocycles. The fourth-order valence-corrected chi connectivity index (χ4v) is 3.84. The summed E-state index contributed by atoms with van der Waals surface area (Å²) >= 11 is 5.81. The molecule has 0 fully saturated rings. The zero-order valence-electron chi connectivity index (χ0n) is 15.5. The second-order valence-electron chi connectivity index (χ2n) is 6.69. The molecule has 0 bridgehead atoms. The number of anilines is 1. The van der Waals surface area contributed by atoms with Crippen molar-refractivity contribution in [3.05, 3.63) is 57.9 Å². The van der Waals surface area contributed by atoms with Crippen molar-refractivity contribution in [1.29, 1.82) is 0 Å². The number of methoxy groups -OCH3 is 1. The average Bonchev–Trinajstić information content (AvgIpc) is 2.96. The summed E-state index contributed by atoms with van der Waals surface area (Å²) in [5.41, 5.74) is 2.92. The van der Waals surface area contributed by atoms with E-state index in [4.69, 9.17) is 16.3 Å². The predicted molar refractivity (Wildman–Crippen MR) is 105 cm³/mol. The maximum absolute atomic E-state index is 14.1. The molecule has 0 saturated heterocycles. The molecule has 3 rings (SSSR count). The molecule has 4 nitrogen and oxygen atoms in total. The van der Waals surface area contributed by atoms with Gasteiger partial charge in [-0.25, -0.2) is 4.39 Å². The smallest absolute Gasteiger partial charge is 0.167 e. The topological polar surface area (TPSA) is 49.8 Å². The van der Waals surface area contributed by atoms with Crippen LogP contribution >= 0.6 is 11.6 Å². The first-order valence-corrected chi connectivity index (χ1v) is 9.41. The lowest BCUT2D eigenvalue weighted by atomic mass is 9.95. The summed E-state index contributed by atoms with van der Waals surface area (Å²) in [6, 6.07) is 8.29. The van der Waals surface area contributed by atoms with E-state index in [1.807, 2.05) is 17.9 Å². The Morgan fingerprint density at radius 2 is 2.11 bits per heavy atom. The number of halogens is 2. The summed E-state index contributed by atoms with van der Waals surface area (Å²) in [5.74, 6) is -0.0710. The molecular weight excluding hydrogens is 369 g/mol. The maximum atomic E-state index is 14.1. The van der Waals surface area contributed by atoms with Gasteiger partial charge in [-0.3, -0.25) is 4.79 Å². The molecule has 0 aliphatic heterocycles. The minimum atomic E-state index is -0.385. The number of hydrogen-bond donors (Lipinski definition) is 1. The van der Waals surface area contributed by atoms with Gasteiger partial charge >= 0.3 is 0 Å². The zero-order valence-corrected chi connectivity index (χ0v) is 16.2. The lowest BCUT2D eigenvalue weighted by Crippen LogP contribution is -2.26. The van der Waals surface area contributed by atoms with Gasteiger partial charge in [-0.2, -0.15) is 0 Å². The van der Waals surface area contributed by atoms with E-state index >= 15 is 0 Å². The molecule has 1 aliphatic carbocycles. The molecule has 2 aromatic carbocycles. The number of benzene rings is 2. The number of aliphatic hydroxyl groups is 1. The van der Waals surface area contributed by atoms with Crippen LogP contribution in [-0.2, 0) is 12.8 Å². The Kier molecular flexibility index (Phi) is 6.02. The number of ether oxygens (including phenoxy) is 1. The van der Waals surface area contributed by atoms with Gasteiger partial charge in [0.1, 0.15) is 11.6 Å². The molecule has 1 unspecified atom stereocenters. The van der Waals surface area contributed by atoms with Gasteiger partial charge in [-0.1, -0.05) is 17.7 Å². The van der Waals surface area contributed by atoms with Gasteiger partial charge in [0.25, 0.3) is 0 Å². The van der Waals surface area contributed by atoms with E-state index in [9.17, 15) is 14.3 Å². The number of Topliss-reactive ketones (excluding diaryl/α,β-unsaturated/α-hetero) is 1. The van der Waals surface area contributed by atoms with E-state index in [-0.39, 0.29) is 24.1 Å². The van der Waals surface area contributed by atoms with Crippen molar-refractivity contribution >= 4 is 23.1 Å². The molecule has 1 atom stereocenters. The van der Waals surface area contributed by atoms with Gasteiger partial charge in [0, 0.05) is 29.6 Å². The lowest BCUT2D eigenvalue weighted by Gasteiger charge is -2.25. The number of ketones is 1. The summed E-state index contributed by atoms with van der Waals surface area (Å²) in [7, 11) is 1.57. The predicted octanol–water partition coefficient (Wildman–Crippen LogP) is 3.90. The molecule has 0 radical (unpaired) electrons. The van der Waals surface area contributed by atoms with Gasteiger partial charge in [0.05, 0.1) is 19.4 Å². The van der Waals surface area contributed by atoms with Crippen LogP contribution in [0.25, 0.3) is 0 Å². The molecule has 0 saturated carbocycles. The highest BCUT2D eigenvalue weighted by atomic mass is 35.5. The second-order valence-corrected chi connectivity index (χ2v) is 7.13. The van der Waals surface area contributed by atoms with Crippen LogP contribution in [0.3, 0.4) is 0 Å². The van der Waals surface area contributed by atoms with Crippen molar-refractivity contribution in [2.75, 3.05) is 31.7 Å². The Bertz CT molecular complexity index is 856. The molecule has 6 heteroatoms. The van der Waals surface area contributed by atoms with E-state index in [0.717, 1.165) is 11.3 Å². The third-order valence-electron chi connectivity index (χ3n) is 5.08. The number of nitrogens with zero attached hydrogens (tertiary/aromatic N) is 1. The van der Waals surface area contributed by atoms with Crippen LogP contribution < -0.4 is 9.64 Å². The Morgan fingerprint density at radius 3 is 2.74 bits per heavy atom. The van der Waals surface area contributed by atoms with E-state index in [1.54, 1.807) is 25.3 Å². The Morgan fingerprint density at radius 1 is 1.33 bits per heavy atom. The third-order valence-corrected chi connectivity index (χ3v) is 5.32. The maximum Gasteiger partial charge on any atom is 0.167 e. The van der Waals surface area contributed by atoms with Crippen LogP contribution in [-0.4, -0.2) is 37.7 Å². The van der Waals surface area contributed by atoms with E-state index < -0.39 is 0 Å². The van der Waals surface area contributed by atoms with Crippen LogP contribution in [0.2, 0.25) is 5.02 Å².